The summed E-state index contributed by atoms with van der Waals surface area (Å²) in [6, 6.07) is 5.05. The first-order valence-corrected chi connectivity index (χ1v) is 9.17. The molecule has 148 valence electrons. The smallest absolute Gasteiger partial charge is 0.410 e. The quantitative estimate of drug-likeness (QED) is 0.736. The van der Waals surface area contributed by atoms with E-state index >= 15 is 0 Å². The summed E-state index contributed by atoms with van der Waals surface area (Å²) in [5.74, 6) is -0.337. The minimum absolute atomic E-state index is 0.0726. The third kappa shape index (κ3) is 4.46. The van der Waals surface area contributed by atoms with Crippen molar-refractivity contribution in [3.63, 3.8) is 0 Å². The summed E-state index contributed by atoms with van der Waals surface area (Å²) in [4.78, 5) is 27.1. The number of morpholine rings is 1. The molecule has 0 aliphatic carbocycles. The van der Waals surface area contributed by atoms with Gasteiger partial charge in [-0.3, -0.25) is 9.69 Å². The van der Waals surface area contributed by atoms with Gasteiger partial charge in [0.15, 0.2) is 5.78 Å². The number of ketones is 1. The zero-order chi connectivity index (χ0) is 19.8. The number of benzene rings is 1. The number of hydrogen-bond donors (Lipinski definition) is 0. The van der Waals surface area contributed by atoms with Crippen molar-refractivity contribution in [2.75, 3.05) is 13.2 Å². The number of rotatable bonds is 3. The maximum atomic E-state index is 12.9. The van der Waals surface area contributed by atoms with Crippen LogP contribution in [-0.4, -0.2) is 47.7 Å². The van der Waals surface area contributed by atoms with Crippen molar-refractivity contribution in [2.24, 2.45) is 5.92 Å². The molecule has 7 heteroatoms. The van der Waals surface area contributed by atoms with E-state index in [0.29, 0.717) is 31.6 Å². The van der Waals surface area contributed by atoms with Crippen LogP contribution in [0.1, 0.15) is 56.0 Å². The van der Waals surface area contributed by atoms with E-state index in [2.05, 4.69) is 0 Å². The number of nitrogens with zero attached hydrogens (tertiary/aromatic N) is 1. The van der Waals surface area contributed by atoms with Crippen molar-refractivity contribution in [1.82, 2.24) is 4.90 Å². The summed E-state index contributed by atoms with van der Waals surface area (Å²) >= 11 is 0. The van der Waals surface area contributed by atoms with Crippen molar-refractivity contribution in [2.45, 2.75) is 57.7 Å². The van der Waals surface area contributed by atoms with Gasteiger partial charge >= 0.3 is 6.09 Å². The minimum atomic E-state index is -2.55. The highest BCUT2D eigenvalue weighted by Gasteiger charge is 2.45. The van der Waals surface area contributed by atoms with Crippen molar-refractivity contribution in [3.05, 3.63) is 35.4 Å². The van der Waals surface area contributed by atoms with E-state index in [0.717, 1.165) is 0 Å². The van der Waals surface area contributed by atoms with Crippen LogP contribution in [-0.2, 0) is 9.47 Å². The Bertz CT molecular complexity index is 685. The summed E-state index contributed by atoms with van der Waals surface area (Å²) in [6.07, 6.45) is -1.98. The lowest BCUT2D eigenvalue weighted by Crippen LogP contribution is -2.60. The molecule has 0 aromatic heterocycles. The van der Waals surface area contributed by atoms with E-state index in [9.17, 15) is 18.4 Å². The highest BCUT2D eigenvalue weighted by Crippen LogP contribution is 2.35. The standard InChI is InChI=1S/C20H25F2NO4/c1-20(2,3)27-19(25)23-15-8-14(9-16(23)11-26-10-15)17(24)12-4-6-13(7-5-12)18(21)22/h4-7,14-16,18H,8-11H2,1-3H3. The molecule has 2 atom stereocenters. The van der Waals surface area contributed by atoms with Crippen molar-refractivity contribution >= 4 is 11.9 Å². The molecule has 27 heavy (non-hydrogen) atoms. The van der Waals surface area contributed by atoms with E-state index in [1.54, 1.807) is 4.90 Å². The molecule has 1 aromatic rings. The van der Waals surface area contributed by atoms with Crippen LogP contribution in [0.15, 0.2) is 24.3 Å². The summed E-state index contributed by atoms with van der Waals surface area (Å²) in [6.45, 7) is 6.18. The Kier molecular flexibility index (Phi) is 5.51. The largest absolute Gasteiger partial charge is 0.444 e. The number of amides is 1. The number of Topliss-reactive ketones (excluding diaryl/α,β-unsaturated/α-hetero) is 1. The molecule has 2 aliphatic heterocycles. The van der Waals surface area contributed by atoms with Crippen LogP contribution < -0.4 is 0 Å². The molecule has 0 radical (unpaired) electrons. The van der Waals surface area contributed by atoms with E-state index in [1.165, 1.54) is 24.3 Å². The molecule has 1 amide bonds. The summed E-state index contributed by atoms with van der Waals surface area (Å²) in [7, 11) is 0. The van der Waals surface area contributed by atoms with Gasteiger partial charge in [-0.2, -0.15) is 0 Å². The molecule has 0 saturated carbocycles. The van der Waals surface area contributed by atoms with Gasteiger partial charge in [0.25, 0.3) is 6.43 Å². The molecule has 2 fully saturated rings. The van der Waals surface area contributed by atoms with Gasteiger partial charge in [-0.25, -0.2) is 13.6 Å². The molecular formula is C20H25F2NO4. The molecule has 0 spiro atoms. The topological polar surface area (TPSA) is 55.8 Å². The van der Waals surface area contributed by atoms with Crippen LogP contribution >= 0.6 is 0 Å². The molecule has 0 N–H and O–H groups in total. The number of ether oxygens (including phenoxy) is 2. The van der Waals surface area contributed by atoms with Gasteiger partial charge in [0.2, 0.25) is 0 Å². The number of fused-ring (bicyclic) bond motifs is 2. The average Bonchev–Trinajstić information content (AvgIpc) is 2.58. The van der Waals surface area contributed by atoms with Crippen LogP contribution in [0.4, 0.5) is 13.6 Å². The van der Waals surface area contributed by atoms with E-state index < -0.39 is 12.0 Å². The van der Waals surface area contributed by atoms with Crippen molar-refractivity contribution in [3.8, 4) is 0 Å². The number of piperidine rings is 1. The van der Waals surface area contributed by atoms with Gasteiger partial charge in [-0.1, -0.05) is 24.3 Å². The van der Waals surface area contributed by atoms with Crippen molar-refractivity contribution < 1.29 is 27.8 Å². The predicted molar refractivity (Wildman–Crippen MR) is 94.9 cm³/mol. The third-order valence-electron chi connectivity index (χ3n) is 4.94. The van der Waals surface area contributed by atoms with Crippen molar-refractivity contribution in [1.29, 1.82) is 0 Å². The van der Waals surface area contributed by atoms with Crippen LogP contribution in [0, 0.1) is 5.92 Å². The number of hydrogen-bond acceptors (Lipinski definition) is 4. The first-order valence-electron chi connectivity index (χ1n) is 9.17. The van der Waals surface area contributed by atoms with Gasteiger partial charge in [0.1, 0.15) is 5.60 Å². The van der Waals surface area contributed by atoms with Gasteiger partial charge < -0.3 is 9.47 Å². The molecular weight excluding hydrogens is 356 g/mol. The van der Waals surface area contributed by atoms with Crippen LogP contribution in [0.2, 0.25) is 0 Å². The molecule has 2 unspecified atom stereocenters. The molecule has 2 bridgehead atoms. The number of alkyl halides is 2. The van der Waals surface area contributed by atoms with E-state index in [1.807, 2.05) is 20.8 Å². The lowest BCUT2D eigenvalue weighted by atomic mass is 9.81. The SMILES string of the molecule is CC(C)(C)OC(=O)N1C2COCC1CC(C(=O)c1ccc(C(F)F)cc1)C2. The lowest BCUT2D eigenvalue weighted by molar-refractivity contribution is -0.0861. The Hall–Kier alpha value is -2.02. The molecule has 2 heterocycles. The normalized spacial score (nSPS) is 25.4. The number of carbonyl (C=O) groups is 2. The maximum Gasteiger partial charge on any atom is 0.410 e. The second-order valence-corrected chi connectivity index (χ2v) is 8.19. The Morgan fingerprint density at radius 2 is 1.67 bits per heavy atom. The molecule has 3 rings (SSSR count). The van der Waals surface area contributed by atoms with Crippen LogP contribution in [0.5, 0.6) is 0 Å². The Morgan fingerprint density at radius 3 is 2.15 bits per heavy atom. The highest BCUT2D eigenvalue weighted by molar-refractivity contribution is 5.98. The van der Waals surface area contributed by atoms with E-state index in [4.69, 9.17) is 9.47 Å². The lowest BCUT2D eigenvalue weighted by Gasteiger charge is -2.47. The summed E-state index contributed by atoms with van der Waals surface area (Å²) < 4.78 is 36.5. The van der Waals surface area contributed by atoms with Crippen LogP contribution in [0.3, 0.4) is 0 Å². The summed E-state index contributed by atoms with van der Waals surface area (Å²) in [5.41, 5.74) is -0.267. The minimum Gasteiger partial charge on any atom is -0.444 e. The second kappa shape index (κ2) is 7.54. The Balaban J connectivity index is 1.72. The Labute approximate surface area is 157 Å². The first kappa shape index (κ1) is 19.7. The Morgan fingerprint density at radius 1 is 1.11 bits per heavy atom. The molecule has 2 saturated heterocycles. The van der Waals surface area contributed by atoms with Gasteiger partial charge in [0, 0.05) is 17.0 Å². The molecule has 1 aromatic carbocycles. The number of carbonyl (C=O) groups excluding carboxylic acids is 2. The van der Waals surface area contributed by atoms with E-state index in [-0.39, 0.29) is 35.4 Å². The monoisotopic (exact) mass is 381 g/mol. The highest BCUT2D eigenvalue weighted by atomic mass is 19.3. The second-order valence-electron chi connectivity index (χ2n) is 8.19. The zero-order valence-electron chi connectivity index (χ0n) is 15.8. The third-order valence-corrected chi connectivity index (χ3v) is 4.94. The van der Waals surface area contributed by atoms with Gasteiger partial charge in [0.05, 0.1) is 25.3 Å². The fourth-order valence-corrected chi connectivity index (χ4v) is 3.77. The van der Waals surface area contributed by atoms with Gasteiger partial charge in [-0.05, 0) is 33.6 Å². The maximum absolute atomic E-state index is 12.9. The molecule has 5 nitrogen and oxygen atoms in total. The van der Waals surface area contributed by atoms with Crippen LogP contribution in [0.25, 0.3) is 0 Å². The fraction of sp³-hybridized carbons (Fsp3) is 0.600. The summed E-state index contributed by atoms with van der Waals surface area (Å²) in [5, 5.41) is 0. The zero-order valence-corrected chi connectivity index (χ0v) is 15.8. The predicted octanol–water partition coefficient (Wildman–Crippen LogP) is 4.22. The molecule has 2 aliphatic rings. The first-order chi connectivity index (χ1) is 12.7. The number of halogens is 2. The average molecular weight is 381 g/mol. The fourth-order valence-electron chi connectivity index (χ4n) is 3.77. The van der Waals surface area contributed by atoms with Gasteiger partial charge in [-0.15, -0.1) is 0 Å².